The minimum atomic E-state index is -0.826. The van der Waals surface area contributed by atoms with Crippen LogP contribution >= 0.6 is 56.5 Å². The minimum Gasteiger partial charge on any atom is -0.477 e. The van der Waals surface area contributed by atoms with Crippen LogP contribution in [0.15, 0.2) is 57.5 Å². The molecular weight excluding hydrogens is 711 g/mol. The molecule has 0 radical (unpaired) electrons. The molecular formula is C25H18FI2N3O4S. The second-order valence-corrected chi connectivity index (χ2v) is 11.0. The first kappa shape index (κ1) is 26.5. The molecule has 0 N–H and O–H groups in total. The zero-order valence-electron chi connectivity index (χ0n) is 19.0. The normalized spacial score (nSPS) is 15.2. The van der Waals surface area contributed by atoms with Crippen LogP contribution in [-0.2, 0) is 9.53 Å². The van der Waals surface area contributed by atoms with Crippen LogP contribution in [0.25, 0.3) is 6.08 Å². The lowest BCUT2D eigenvalue weighted by Crippen LogP contribution is -2.39. The summed E-state index contributed by atoms with van der Waals surface area (Å²) in [6.07, 6.45) is 1.70. The van der Waals surface area contributed by atoms with Gasteiger partial charge >= 0.3 is 5.97 Å². The molecule has 0 saturated heterocycles. The maximum Gasteiger partial charge on any atom is 0.338 e. The average molecular weight is 729 g/mol. The third-order valence-corrected chi connectivity index (χ3v) is 7.71. The molecule has 184 valence electrons. The second kappa shape index (κ2) is 11.2. The molecule has 0 amide bonds. The van der Waals surface area contributed by atoms with Crippen LogP contribution in [0.4, 0.5) is 4.39 Å². The highest BCUT2D eigenvalue weighted by atomic mass is 127. The summed E-state index contributed by atoms with van der Waals surface area (Å²) < 4.78 is 28.2. The number of esters is 1. The van der Waals surface area contributed by atoms with Crippen molar-refractivity contribution in [3.63, 3.8) is 0 Å². The molecule has 1 aliphatic heterocycles. The molecule has 0 aliphatic carbocycles. The molecule has 0 bridgehead atoms. The van der Waals surface area contributed by atoms with Gasteiger partial charge in [0.05, 0.1) is 32.0 Å². The number of ether oxygens (including phenoxy) is 2. The topological polar surface area (TPSA) is 93.7 Å². The first-order valence-electron chi connectivity index (χ1n) is 10.7. The number of carbonyl (C=O) groups is 1. The molecule has 1 aromatic heterocycles. The maximum atomic E-state index is 13.7. The fourth-order valence-corrected chi connectivity index (χ4v) is 6.92. The van der Waals surface area contributed by atoms with Crippen molar-refractivity contribution in [1.29, 1.82) is 5.26 Å². The van der Waals surface area contributed by atoms with Crippen LogP contribution in [0.5, 0.6) is 5.75 Å². The van der Waals surface area contributed by atoms with Crippen LogP contribution in [-0.4, -0.2) is 23.8 Å². The van der Waals surface area contributed by atoms with E-state index < -0.39 is 17.8 Å². The van der Waals surface area contributed by atoms with Gasteiger partial charge in [0.2, 0.25) is 0 Å². The zero-order valence-corrected chi connectivity index (χ0v) is 24.2. The van der Waals surface area contributed by atoms with Gasteiger partial charge in [0.15, 0.2) is 11.4 Å². The van der Waals surface area contributed by atoms with Gasteiger partial charge in [-0.2, -0.15) is 5.26 Å². The molecule has 0 fully saturated rings. The molecule has 11 heteroatoms. The van der Waals surface area contributed by atoms with E-state index in [9.17, 15) is 14.0 Å². The fourth-order valence-electron chi connectivity index (χ4n) is 3.84. The molecule has 7 nitrogen and oxygen atoms in total. The highest BCUT2D eigenvalue weighted by Gasteiger charge is 2.33. The quantitative estimate of drug-likeness (QED) is 0.282. The first-order valence-corrected chi connectivity index (χ1v) is 13.7. The summed E-state index contributed by atoms with van der Waals surface area (Å²) in [7, 11) is 0. The SMILES string of the molecule is CCOC(=O)C1=C(C)N=c2s/c(=C\c3cc(I)cc(I)c3OCC#N)c(=O)n2[C@H]1c1ccc(F)cc1. The second-order valence-electron chi connectivity index (χ2n) is 7.61. The summed E-state index contributed by atoms with van der Waals surface area (Å²) in [6.45, 7) is 3.42. The predicted octanol–water partition coefficient (Wildman–Crippen LogP) is 4.05. The average Bonchev–Trinajstić information content (AvgIpc) is 3.12. The van der Waals surface area contributed by atoms with Gasteiger partial charge in [-0.05, 0) is 94.9 Å². The number of carbonyl (C=O) groups excluding carboxylic acids is 1. The van der Waals surface area contributed by atoms with E-state index in [-0.39, 0.29) is 24.3 Å². The van der Waals surface area contributed by atoms with Crippen molar-refractivity contribution >= 4 is 68.6 Å². The number of fused-ring (bicyclic) bond motifs is 1. The van der Waals surface area contributed by atoms with E-state index in [1.807, 2.05) is 18.2 Å². The Balaban J connectivity index is 1.96. The van der Waals surface area contributed by atoms with Crippen molar-refractivity contribution in [3.05, 3.63) is 91.4 Å². The van der Waals surface area contributed by atoms with Crippen molar-refractivity contribution in [3.8, 4) is 11.8 Å². The van der Waals surface area contributed by atoms with Gasteiger partial charge in [-0.3, -0.25) is 9.36 Å². The first-order chi connectivity index (χ1) is 17.2. The third-order valence-electron chi connectivity index (χ3n) is 5.31. The Bertz CT molecular complexity index is 1600. The predicted molar refractivity (Wildman–Crippen MR) is 150 cm³/mol. The smallest absolute Gasteiger partial charge is 0.338 e. The lowest BCUT2D eigenvalue weighted by Gasteiger charge is -2.24. The lowest BCUT2D eigenvalue weighted by atomic mass is 9.96. The Morgan fingerprint density at radius 1 is 1.31 bits per heavy atom. The summed E-state index contributed by atoms with van der Waals surface area (Å²) in [5.41, 5.74) is 1.50. The van der Waals surface area contributed by atoms with Crippen LogP contribution in [0.2, 0.25) is 0 Å². The summed E-state index contributed by atoms with van der Waals surface area (Å²) in [4.78, 5) is 31.6. The summed E-state index contributed by atoms with van der Waals surface area (Å²) in [5.74, 6) is -0.508. The molecule has 0 spiro atoms. The van der Waals surface area contributed by atoms with Crippen LogP contribution in [0, 0.1) is 24.3 Å². The summed E-state index contributed by atoms with van der Waals surface area (Å²) in [5, 5.41) is 8.98. The molecule has 3 aromatic rings. The van der Waals surface area contributed by atoms with E-state index in [1.54, 1.807) is 32.1 Å². The largest absolute Gasteiger partial charge is 0.477 e. The number of benzene rings is 2. The van der Waals surface area contributed by atoms with E-state index in [2.05, 4.69) is 50.2 Å². The van der Waals surface area contributed by atoms with Crippen LogP contribution in [0.1, 0.15) is 31.0 Å². The Morgan fingerprint density at radius 2 is 2.03 bits per heavy atom. The number of rotatable bonds is 6. The zero-order chi connectivity index (χ0) is 26.0. The van der Waals surface area contributed by atoms with E-state index in [0.29, 0.717) is 31.9 Å². The molecule has 0 unspecified atom stereocenters. The number of hydrogen-bond donors (Lipinski definition) is 0. The van der Waals surface area contributed by atoms with E-state index in [0.717, 1.165) is 7.14 Å². The highest BCUT2D eigenvalue weighted by molar-refractivity contribution is 14.1. The Morgan fingerprint density at radius 3 is 2.69 bits per heavy atom. The Kier molecular flexibility index (Phi) is 8.26. The molecule has 1 atom stereocenters. The third kappa shape index (κ3) is 5.25. The van der Waals surface area contributed by atoms with Gasteiger partial charge in [-0.15, -0.1) is 0 Å². The van der Waals surface area contributed by atoms with E-state index in [4.69, 9.17) is 14.7 Å². The maximum absolute atomic E-state index is 13.7. The number of nitrogens with zero attached hydrogens (tertiary/aromatic N) is 3. The van der Waals surface area contributed by atoms with Crippen molar-refractivity contribution in [2.45, 2.75) is 19.9 Å². The molecule has 0 saturated carbocycles. The Hall–Kier alpha value is -2.57. The van der Waals surface area contributed by atoms with Crippen LogP contribution in [0.3, 0.4) is 0 Å². The lowest BCUT2D eigenvalue weighted by molar-refractivity contribution is -0.139. The number of aromatic nitrogens is 1. The number of nitriles is 1. The minimum absolute atomic E-state index is 0.134. The standard InChI is InChI=1S/C25H18FI2N3O4S/c1-3-34-24(33)20-13(2)30-25-31(21(20)14-4-6-16(26)7-5-14)23(32)19(36-25)11-15-10-17(27)12-18(28)22(15)35-9-8-29/h4-7,10-12,21H,3,9H2,1-2H3/b19-11-/t21-/m0/s1. The van der Waals surface area contributed by atoms with Gasteiger partial charge in [0, 0.05) is 9.13 Å². The van der Waals surface area contributed by atoms with Gasteiger partial charge in [0.1, 0.15) is 17.6 Å². The monoisotopic (exact) mass is 729 g/mol. The summed E-state index contributed by atoms with van der Waals surface area (Å²) >= 11 is 5.48. The van der Waals surface area contributed by atoms with E-state index in [1.165, 1.54) is 28.0 Å². The molecule has 2 heterocycles. The molecule has 1 aliphatic rings. The number of allylic oxidation sites excluding steroid dienone is 1. The van der Waals surface area contributed by atoms with Gasteiger partial charge in [0.25, 0.3) is 5.56 Å². The highest BCUT2D eigenvalue weighted by Crippen LogP contribution is 2.31. The van der Waals surface area contributed by atoms with Crippen LogP contribution < -0.4 is 19.6 Å². The fraction of sp³-hybridized carbons (Fsp3) is 0.200. The molecule has 36 heavy (non-hydrogen) atoms. The van der Waals surface area contributed by atoms with E-state index >= 15 is 0 Å². The van der Waals surface area contributed by atoms with Crippen molar-refractivity contribution in [1.82, 2.24) is 4.57 Å². The summed E-state index contributed by atoms with van der Waals surface area (Å²) in [6, 6.07) is 10.6. The number of hydrogen-bond acceptors (Lipinski definition) is 7. The number of halogens is 3. The van der Waals surface area contributed by atoms with Gasteiger partial charge < -0.3 is 9.47 Å². The van der Waals surface area contributed by atoms with Crippen molar-refractivity contribution in [2.24, 2.45) is 4.99 Å². The Labute approximate surface area is 236 Å². The molecule has 2 aromatic carbocycles. The molecule has 4 rings (SSSR count). The number of thiazole rings is 1. The van der Waals surface area contributed by atoms with Gasteiger partial charge in [-0.25, -0.2) is 14.2 Å². The van der Waals surface area contributed by atoms with Crippen molar-refractivity contribution < 1.29 is 18.7 Å². The van der Waals surface area contributed by atoms with Crippen molar-refractivity contribution in [2.75, 3.05) is 13.2 Å². The van der Waals surface area contributed by atoms with Gasteiger partial charge in [-0.1, -0.05) is 23.5 Å².